The van der Waals surface area contributed by atoms with E-state index in [1.165, 1.54) is 6.21 Å². The molecule has 1 aliphatic rings. The van der Waals surface area contributed by atoms with Crippen LogP contribution in [0.2, 0.25) is 0 Å². The van der Waals surface area contributed by atoms with Gasteiger partial charge in [0.05, 0.1) is 19.2 Å². The van der Waals surface area contributed by atoms with Crippen molar-refractivity contribution in [3.8, 4) is 11.5 Å². The number of amides is 1. The summed E-state index contributed by atoms with van der Waals surface area (Å²) in [7, 11) is 0. The molecule has 0 bridgehead atoms. The maximum absolute atomic E-state index is 12.2. The zero-order valence-corrected chi connectivity index (χ0v) is 21.9. The summed E-state index contributed by atoms with van der Waals surface area (Å²) < 4.78 is 2.95. The van der Waals surface area contributed by atoms with Gasteiger partial charge in [-0.15, -0.1) is 5.10 Å². The Morgan fingerprint density at radius 2 is 1.82 bits per heavy atom. The Labute approximate surface area is 208 Å². The first-order chi connectivity index (χ1) is 13.2. The van der Waals surface area contributed by atoms with Gasteiger partial charge in [-0.1, -0.05) is 15.9 Å². The molecule has 3 N–H and O–H groups in total. The summed E-state index contributed by atoms with van der Waals surface area (Å²) in [6, 6.07) is 7.04. The number of carbonyl (C=O) groups is 1. The summed E-state index contributed by atoms with van der Waals surface area (Å²) >= 11 is 11.9. The lowest BCUT2D eigenvalue weighted by atomic mass is 10.2. The minimum Gasteiger partial charge on any atom is -0.506 e. The summed E-state index contributed by atoms with van der Waals surface area (Å²) in [5.41, 5.74) is 1.02. The minimum absolute atomic E-state index is 0.0382. The molecule has 1 fully saturated rings. The Balaban J connectivity index is 1.81. The molecule has 3 rings (SSSR count). The second-order valence-electron chi connectivity index (χ2n) is 5.37. The molecule has 0 atom stereocenters. The maximum Gasteiger partial charge on any atom is 0.264 e. The van der Waals surface area contributed by atoms with Gasteiger partial charge in [0, 0.05) is 19.2 Å². The van der Waals surface area contributed by atoms with Crippen molar-refractivity contribution in [1.82, 2.24) is 5.32 Å². The Kier molecular flexibility index (Phi) is 7.44. The number of amidine groups is 1. The molecular weight excluding hydrogens is 740 g/mol. The highest BCUT2D eigenvalue weighted by molar-refractivity contribution is 14.1. The third-order valence-corrected chi connectivity index (χ3v) is 6.81. The second-order valence-corrected chi connectivity index (χ2v) is 10.6. The van der Waals surface area contributed by atoms with Gasteiger partial charge in [0.2, 0.25) is 0 Å². The normalized spacial score (nSPS) is 17.1. The largest absolute Gasteiger partial charge is 0.506 e. The predicted molar refractivity (Wildman–Crippen MR) is 136 cm³/mol. The summed E-state index contributed by atoms with van der Waals surface area (Å²) in [4.78, 5) is 12.5. The molecule has 0 aliphatic carbocycles. The molecule has 28 heavy (non-hydrogen) atoms. The zero-order chi connectivity index (χ0) is 20.4. The predicted octanol–water partition coefficient (Wildman–Crippen LogP) is 5.43. The molecule has 1 aliphatic heterocycles. The highest BCUT2D eigenvalue weighted by Crippen LogP contribution is 2.35. The van der Waals surface area contributed by atoms with Gasteiger partial charge in [-0.2, -0.15) is 5.10 Å². The van der Waals surface area contributed by atoms with Crippen molar-refractivity contribution in [2.45, 2.75) is 0 Å². The molecule has 144 valence electrons. The Morgan fingerprint density at radius 3 is 2.57 bits per heavy atom. The van der Waals surface area contributed by atoms with Crippen molar-refractivity contribution in [1.29, 1.82) is 0 Å². The van der Waals surface area contributed by atoms with Crippen LogP contribution in [0.3, 0.4) is 0 Å². The van der Waals surface area contributed by atoms with E-state index in [0.717, 1.165) is 19.8 Å². The van der Waals surface area contributed by atoms with Gasteiger partial charge in [-0.05, 0) is 103 Å². The highest BCUT2D eigenvalue weighted by atomic mass is 127. The van der Waals surface area contributed by atoms with Crippen LogP contribution in [0.15, 0.2) is 48.3 Å². The van der Waals surface area contributed by atoms with E-state index in [1.54, 1.807) is 24.3 Å². The lowest BCUT2D eigenvalue weighted by Crippen LogP contribution is -2.19. The van der Waals surface area contributed by atoms with Gasteiger partial charge in [-0.3, -0.25) is 10.1 Å². The molecular formula is C17H9Br2I2N3O3S. The van der Waals surface area contributed by atoms with Crippen LogP contribution in [0.5, 0.6) is 11.5 Å². The van der Waals surface area contributed by atoms with E-state index in [-0.39, 0.29) is 17.4 Å². The number of nitrogens with one attached hydrogen (secondary N) is 1. The first-order valence-electron chi connectivity index (χ1n) is 7.42. The van der Waals surface area contributed by atoms with Crippen molar-refractivity contribution >= 4 is 112 Å². The topological polar surface area (TPSA) is 94.3 Å². The average molecular weight is 749 g/mol. The van der Waals surface area contributed by atoms with Crippen molar-refractivity contribution < 1.29 is 15.0 Å². The van der Waals surface area contributed by atoms with E-state index in [0.29, 0.717) is 29.2 Å². The Bertz CT molecular complexity index is 1070. The van der Waals surface area contributed by atoms with Crippen LogP contribution in [0.4, 0.5) is 0 Å². The molecule has 6 nitrogen and oxygen atoms in total. The van der Waals surface area contributed by atoms with Crippen molar-refractivity contribution in [2.24, 2.45) is 10.2 Å². The van der Waals surface area contributed by atoms with E-state index in [2.05, 4.69) is 70.0 Å². The molecule has 0 saturated carbocycles. The Morgan fingerprint density at radius 1 is 1.07 bits per heavy atom. The number of hydrogen-bond acceptors (Lipinski definition) is 6. The summed E-state index contributed by atoms with van der Waals surface area (Å²) in [5, 5.41) is 31.1. The lowest BCUT2D eigenvalue weighted by Gasteiger charge is -2.03. The Hall–Kier alpha value is -0.640. The standard InChI is InChI=1S/C17H9Br2I2N3O3S/c18-9-1-7(14(25)11(19)4-9)3-13-16(27)23-17(28-13)24-22-6-8-2-10(20)5-12(21)15(8)26/h1-6,25-26H,(H,23,24,27). The van der Waals surface area contributed by atoms with Crippen LogP contribution in [0.25, 0.3) is 6.08 Å². The quantitative estimate of drug-likeness (QED) is 0.169. The molecule has 0 spiro atoms. The molecule has 2 aromatic rings. The molecule has 2 aromatic carbocycles. The van der Waals surface area contributed by atoms with Crippen molar-refractivity contribution in [2.75, 3.05) is 0 Å². The molecule has 0 aromatic heterocycles. The number of rotatable bonds is 3. The van der Waals surface area contributed by atoms with Crippen LogP contribution in [-0.2, 0) is 4.79 Å². The van der Waals surface area contributed by atoms with Gasteiger partial charge in [0.1, 0.15) is 11.5 Å². The number of phenolic OH excluding ortho intramolecular Hbond substituents is 2. The molecule has 1 amide bonds. The molecule has 1 heterocycles. The van der Waals surface area contributed by atoms with E-state index < -0.39 is 0 Å². The molecule has 0 unspecified atom stereocenters. The average Bonchev–Trinajstić information content (AvgIpc) is 2.96. The highest BCUT2D eigenvalue weighted by Gasteiger charge is 2.24. The number of benzene rings is 2. The molecule has 1 saturated heterocycles. The number of hydrogen-bond donors (Lipinski definition) is 3. The molecule has 11 heteroatoms. The van der Waals surface area contributed by atoms with E-state index in [9.17, 15) is 15.0 Å². The fraction of sp³-hybridized carbons (Fsp3) is 0. The summed E-state index contributed by atoms with van der Waals surface area (Å²) in [6.07, 6.45) is 3.00. The van der Waals surface area contributed by atoms with Gasteiger partial charge < -0.3 is 10.2 Å². The summed E-state index contributed by atoms with van der Waals surface area (Å²) in [5.74, 6) is -0.165. The van der Waals surface area contributed by atoms with Crippen LogP contribution >= 0.6 is 88.8 Å². The van der Waals surface area contributed by atoms with Crippen molar-refractivity contribution in [3.63, 3.8) is 0 Å². The first-order valence-corrected chi connectivity index (χ1v) is 12.0. The third-order valence-electron chi connectivity index (χ3n) is 3.40. The smallest absolute Gasteiger partial charge is 0.264 e. The number of nitrogens with zero attached hydrogens (tertiary/aromatic N) is 2. The fourth-order valence-electron chi connectivity index (χ4n) is 2.14. The first kappa shape index (κ1) is 22.1. The van der Waals surface area contributed by atoms with Gasteiger partial charge >= 0.3 is 0 Å². The number of phenols is 2. The number of carbonyl (C=O) groups excluding carboxylic acids is 1. The van der Waals surface area contributed by atoms with Crippen molar-refractivity contribution in [3.05, 3.63) is 56.4 Å². The third kappa shape index (κ3) is 5.29. The van der Waals surface area contributed by atoms with Crippen LogP contribution in [0.1, 0.15) is 11.1 Å². The summed E-state index contributed by atoms with van der Waals surface area (Å²) in [6.45, 7) is 0. The SMILES string of the molecule is O=C1NC(=NN=Cc2cc(I)cc(I)c2O)SC1=Cc1cc(Br)cc(Br)c1O. The zero-order valence-electron chi connectivity index (χ0n) is 13.6. The van der Waals surface area contributed by atoms with E-state index in [4.69, 9.17) is 0 Å². The fourth-order valence-corrected chi connectivity index (χ4v) is 6.06. The van der Waals surface area contributed by atoms with Crippen LogP contribution in [0, 0.1) is 7.14 Å². The van der Waals surface area contributed by atoms with Crippen LogP contribution < -0.4 is 5.32 Å². The number of aromatic hydroxyl groups is 2. The van der Waals surface area contributed by atoms with E-state index >= 15 is 0 Å². The lowest BCUT2D eigenvalue weighted by molar-refractivity contribution is -0.115. The molecule has 0 radical (unpaired) electrons. The maximum atomic E-state index is 12.2. The van der Waals surface area contributed by atoms with Crippen LogP contribution in [-0.4, -0.2) is 27.5 Å². The number of halogens is 4. The van der Waals surface area contributed by atoms with Gasteiger partial charge in [0.15, 0.2) is 5.17 Å². The van der Waals surface area contributed by atoms with Gasteiger partial charge in [0.25, 0.3) is 5.91 Å². The van der Waals surface area contributed by atoms with E-state index in [1.807, 2.05) is 28.7 Å². The second kappa shape index (κ2) is 9.45. The monoisotopic (exact) mass is 747 g/mol. The number of thioether (sulfide) groups is 1. The minimum atomic E-state index is -0.332. The van der Waals surface area contributed by atoms with Gasteiger partial charge in [-0.25, -0.2) is 0 Å².